The molecule has 10 heteroatoms. The number of nitrogens with one attached hydrogen (secondary N) is 1. The van der Waals surface area contributed by atoms with E-state index in [4.69, 9.17) is 11.6 Å². The van der Waals surface area contributed by atoms with Crippen LogP contribution in [-0.4, -0.2) is 23.0 Å². The lowest BCUT2D eigenvalue weighted by molar-refractivity contribution is 0.598. The van der Waals surface area contributed by atoms with Crippen LogP contribution in [0.2, 0.25) is 5.02 Å². The first-order chi connectivity index (χ1) is 12.4. The van der Waals surface area contributed by atoms with Crippen LogP contribution in [0.25, 0.3) is 5.65 Å². The van der Waals surface area contributed by atoms with Gasteiger partial charge in [0, 0.05) is 18.0 Å². The van der Waals surface area contributed by atoms with Crippen LogP contribution < -0.4 is 10.9 Å². The molecule has 1 aromatic carbocycles. The summed E-state index contributed by atoms with van der Waals surface area (Å²) in [5.41, 5.74) is 1.20. The molecule has 7 nitrogen and oxygen atoms in total. The molecule has 0 saturated carbocycles. The van der Waals surface area contributed by atoms with Gasteiger partial charge in [0.1, 0.15) is 10.5 Å². The first-order valence-corrected chi connectivity index (χ1v) is 10.2. The quantitative estimate of drug-likeness (QED) is 0.703. The molecule has 0 fully saturated rings. The number of hydrogen-bond donors (Lipinski definition) is 1. The number of anilines is 1. The number of nitrogens with zero attached hydrogens (tertiary/aromatic N) is 3. The minimum atomic E-state index is -3.74. The number of benzene rings is 1. The lowest BCUT2D eigenvalue weighted by atomic mass is 10.3. The summed E-state index contributed by atoms with van der Waals surface area (Å²) in [5.74, 6) is 0.290. The third kappa shape index (κ3) is 3.20. The minimum Gasteiger partial charge on any atom is -0.333 e. The van der Waals surface area contributed by atoms with E-state index in [9.17, 15) is 13.2 Å². The number of sulfonamides is 1. The van der Waals surface area contributed by atoms with Crippen LogP contribution in [0, 0.1) is 0 Å². The van der Waals surface area contributed by atoms with Crippen LogP contribution in [0.15, 0.2) is 62.7 Å². The van der Waals surface area contributed by atoms with E-state index < -0.39 is 10.0 Å². The smallest absolute Gasteiger partial charge is 0.286 e. The average molecular weight is 407 g/mol. The Morgan fingerprint density at radius 3 is 2.85 bits per heavy atom. The first-order valence-electron chi connectivity index (χ1n) is 7.44. The Morgan fingerprint density at radius 1 is 1.19 bits per heavy atom. The number of thioether (sulfide) groups is 1. The molecule has 3 heterocycles. The lowest BCUT2D eigenvalue weighted by Gasteiger charge is -2.17. The largest absolute Gasteiger partial charge is 0.333 e. The number of amidine groups is 1. The molecule has 0 spiro atoms. The van der Waals surface area contributed by atoms with Gasteiger partial charge in [0.25, 0.3) is 15.6 Å². The van der Waals surface area contributed by atoms with Crippen LogP contribution in [0.4, 0.5) is 5.69 Å². The van der Waals surface area contributed by atoms with E-state index in [-0.39, 0.29) is 21.4 Å². The molecular formula is C16H11ClN4O3S2. The van der Waals surface area contributed by atoms with Crippen molar-refractivity contribution in [1.29, 1.82) is 0 Å². The summed E-state index contributed by atoms with van der Waals surface area (Å²) in [4.78, 5) is 16.7. The highest BCUT2D eigenvalue weighted by atomic mass is 35.5. The third-order valence-corrected chi connectivity index (χ3v) is 6.22. The lowest BCUT2D eigenvalue weighted by Crippen LogP contribution is -2.19. The number of halogens is 1. The highest BCUT2D eigenvalue weighted by molar-refractivity contribution is 8.14. The Kier molecular flexibility index (Phi) is 4.22. The van der Waals surface area contributed by atoms with Crippen molar-refractivity contribution < 1.29 is 8.42 Å². The Labute approximate surface area is 157 Å². The van der Waals surface area contributed by atoms with Gasteiger partial charge in [0.05, 0.1) is 16.4 Å². The Morgan fingerprint density at radius 2 is 2.00 bits per heavy atom. The van der Waals surface area contributed by atoms with Crippen LogP contribution in [-0.2, 0) is 15.8 Å². The molecule has 0 unspecified atom stereocenters. The van der Waals surface area contributed by atoms with Gasteiger partial charge in [-0.2, -0.15) is 8.42 Å². The van der Waals surface area contributed by atoms with Gasteiger partial charge < -0.3 is 5.32 Å². The first kappa shape index (κ1) is 17.1. The Hall–Kier alpha value is -2.36. The number of aromatic nitrogens is 2. The van der Waals surface area contributed by atoms with Crippen molar-refractivity contribution in [2.24, 2.45) is 4.40 Å². The SMILES string of the molecule is O=c1cc(CSC2=NS(=O)(=O)c3ccccc3N2)nc2ccc(Cl)cn12. The van der Waals surface area contributed by atoms with Crippen LogP contribution in [0.1, 0.15) is 5.69 Å². The maximum atomic E-state index is 12.2. The van der Waals surface area contributed by atoms with Crippen LogP contribution >= 0.6 is 23.4 Å². The monoisotopic (exact) mass is 406 g/mol. The molecule has 0 bridgehead atoms. The second-order valence-electron chi connectivity index (χ2n) is 5.44. The number of pyridine rings is 1. The fourth-order valence-corrected chi connectivity index (χ4v) is 4.79. The highest BCUT2D eigenvalue weighted by Gasteiger charge is 2.24. The average Bonchev–Trinajstić information content (AvgIpc) is 2.60. The molecule has 1 aliphatic heterocycles. The van der Waals surface area contributed by atoms with E-state index in [1.165, 1.54) is 22.7 Å². The van der Waals surface area contributed by atoms with Gasteiger partial charge in [-0.15, -0.1) is 4.40 Å². The maximum absolute atomic E-state index is 12.2. The van der Waals surface area contributed by atoms with E-state index in [0.29, 0.717) is 22.1 Å². The molecule has 26 heavy (non-hydrogen) atoms. The summed E-state index contributed by atoms with van der Waals surface area (Å²) in [6.45, 7) is 0. The Bertz CT molecular complexity index is 1220. The van der Waals surface area contributed by atoms with Crippen molar-refractivity contribution in [3.63, 3.8) is 0 Å². The van der Waals surface area contributed by atoms with Gasteiger partial charge >= 0.3 is 0 Å². The zero-order valence-corrected chi connectivity index (χ0v) is 15.5. The molecule has 4 rings (SSSR count). The molecule has 1 aliphatic rings. The van der Waals surface area contributed by atoms with Gasteiger partial charge in [-0.3, -0.25) is 9.20 Å². The van der Waals surface area contributed by atoms with Crippen molar-refractivity contribution >= 4 is 49.9 Å². The van der Waals surface area contributed by atoms with Crippen molar-refractivity contribution in [1.82, 2.24) is 9.38 Å². The summed E-state index contributed by atoms with van der Waals surface area (Å²) in [6, 6.07) is 11.2. The van der Waals surface area contributed by atoms with Gasteiger partial charge in [-0.05, 0) is 24.3 Å². The van der Waals surface area contributed by atoms with E-state index in [1.54, 1.807) is 30.3 Å². The zero-order valence-electron chi connectivity index (χ0n) is 13.1. The molecular weight excluding hydrogens is 396 g/mol. The molecule has 132 valence electrons. The molecule has 0 radical (unpaired) electrons. The number of fused-ring (bicyclic) bond motifs is 2. The summed E-state index contributed by atoms with van der Waals surface area (Å²) in [7, 11) is -3.74. The fourth-order valence-electron chi connectivity index (χ4n) is 2.50. The van der Waals surface area contributed by atoms with Gasteiger partial charge in [0.15, 0.2) is 5.17 Å². The Balaban J connectivity index is 1.60. The standard InChI is InChI=1S/C16H11ClN4O3S2/c17-10-5-6-14-18-11(7-15(22)21(14)8-10)9-25-16-19-12-3-1-2-4-13(12)26(23,24)20-16/h1-8H,9H2,(H,19,20). The van der Waals surface area contributed by atoms with E-state index in [1.807, 2.05) is 0 Å². The van der Waals surface area contributed by atoms with E-state index in [0.717, 1.165) is 11.8 Å². The predicted molar refractivity (Wildman–Crippen MR) is 102 cm³/mol. The molecule has 0 aliphatic carbocycles. The molecule has 1 N–H and O–H groups in total. The summed E-state index contributed by atoms with van der Waals surface area (Å²) >= 11 is 7.05. The summed E-state index contributed by atoms with van der Waals surface area (Å²) in [6.07, 6.45) is 1.50. The maximum Gasteiger partial charge on any atom is 0.286 e. The molecule has 3 aromatic rings. The van der Waals surface area contributed by atoms with Crippen molar-refractivity contribution in [3.05, 3.63) is 69.7 Å². The summed E-state index contributed by atoms with van der Waals surface area (Å²) in [5, 5.41) is 3.66. The highest BCUT2D eigenvalue weighted by Crippen LogP contribution is 2.29. The third-order valence-electron chi connectivity index (χ3n) is 3.64. The van der Waals surface area contributed by atoms with Crippen molar-refractivity contribution in [2.45, 2.75) is 10.6 Å². The number of rotatable bonds is 2. The van der Waals surface area contributed by atoms with Gasteiger partial charge in [0.2, 0.25) is 0 Å². The molecule has 0 saturated heterocycles. The normalized spacial score (nSPS) is 15.2. The second kappa shape index (κ2) is 6.42. The topological polar surface area (TPSA) is 92.9 Å². The van der Waals surface area contributed by atoms with Crippen molar-refractivity contribution in [3.8, 4) is 0 Å². The van der Waals surface area contributed by atoms with E-state index >= 15 is 0 Å². The van der Waals surface area contributed by atoms with Crippen LogP contribution in [0.5, 0.6) is 0 Å². The van der Waals surface area contributed by atoms with E-state index in [2.05, 4.69) is 14.7 Å². The molecule has 0 atom stereocenters. The van der Waals surface area contributed by atoms with Crippen LogP contribution in [0.3, 0.4) is 0 Å². The fraction of sp³-hybridized carbons (Fsp3) is 0.0625. The second-order valence-corrected chi connectivity index (χ2v) is 8.42. The predicted octanol–water partition coefficient (Wildman–Crippen LogP) is 2.75. The van der Waals surface area contributed by atoms with Gasteiger partial charge in [-0.25, -0.2) is 4.98 Å². The molecule has 2 aromatic heterocycles. The summed E-state index contributed by atoms with van der Waals surface area (Å²) < 4.78 is 29.6. The molecule has 0 amide bonds. The van der Waals surface area contributed by atoms with Gasteiger partial charge in [-0.1, -0.05) is 35.5 Å². The zero-order chi connectivity index (χ0) is 18.3. The number of para-hydroxylation sites is 1. The number of hydrogen-bond acceptors (Lipinski definition) is 6. The van der Waals surface area contributed by atoms with Crippen molar-refractivity contribution in [2.75, 3.05) is 5.32 Å². The minimum absolute atomic E-state index is 0.142.